The summed E-state index contributed by atoms with van der Waals surface area (Å²) < 4.78 is 13.2. The lowest BCUT2D eigenvalue weighted by Crippen LogP contribution is -2.53. The predicted molar refractivity (Wildman–Crippen MR) is 129 cm³/mol. The molecule has 2 aromatic carbocycles. The van der Waals surface area contributed by atoms with E-state index in [0.29, 0.717) is 42.6 Å². The van der Waals surface area contributed by atoms with Gasteiger partial charge in [0.25, 0.3) is 11.7 Å². The number of amides is 2. The number of likely N-dealkylation sites (N-methyl/N-ethyl adjacent to an activating group) is 1. The highest BCUT2D eigenvalue weighted by Crippen LogP contribution is 2.26. The Morgan fingerprint density at radius 1 is 1.14 bits per heavy atom. The lowest BCUT2D eigenvalue weighted by atomic mass is 10.00. The van der Waals surface area contributed by atoms with Gasteiger partial charge in [-0.3, -0.25) is 24.1 Å². The first-order chi connectivity index (χ1) is 16.7. The zero-order valence-corrected chi connectivity index (χ0v) is 20.3. The highest BCUT2D eigenvalue weighted by molar-refractivity contribution is 6.44. The van der Waals surface area contributed by atoms with Crippen LogP contribution in [0.25, 0.3) is 10.9 Å². The Labute approximate surface area is 203 Å². The average molecular weight is 481 g/mol. The number of hydrogen-bond donors (Lipinski definition) is 1. The molecule has 3 aromatic rings. The summed E-state index contributed by atoms with van der Waals surface area (Å²) >= 11 is 0. The first kappa shape index (κ1) is 24.6. The number of hydroxylamine groups is 2. The van der Waals surface area contributed by atoms with Gasteiger partial charge in [-0.05, 0) is 49.2 Å². The van der Waals surface area contributed by atoms with Gasteiger partial charge in [-0.25, -0.2) is 9.45 Å². The number of Topliss-reactive ketones (excluding diaryl/α,β-unsaturated/α-hetero) is 1. The third kappa shape index (κ3) is 4.96. The van der Waals surface area contributed by atoms with Crippen LogP contribution in [0.1, 0.15) is 38.8 Å². The number of nitrogens with zero attached hydrogens (tertiary/aromatic N) is 3. The molecular weight excluding hydrogens is 451 g/mol. The first-order valence-corrected chi connectivity index (χ1v) is 11.5. The molecule has 35 heavy (non-hydrogen) atoms. The predicted octanol–water partition coefficient (Wildman–Crippen LogP) is 3.16. The van der Waals surface area contributed by atoms with Crippen LogP contribution in [0.5, 0.6) is 0 Å². The zero-order chi connectivity index (χ0) is 25.3. The van der Waals surface area contributed by atoms with Crippen molar-refractivity contribution in [2.24, 2.45) is 0 Å². The second-order valence-electron chi connectivity index (χ2n) is 8.94. The van der Waals surface area contributed by atoms with Crippen LogP contribution >= 0.6 is 0 Å². The minimum absolute atomic E-state index is 0.0314. The molecule has 0 bridgehead atoms. The maximum atomic E-state index is 13.5. The fourth-order valence-electron chi connectivity index (χ4n) is 4.52. The van der Waals surface area contributed by atoms with Crippen LogP contribution in [-0.4, -0.2) is 77.3 Å². The van der Waals surface area contributed by atoms with Crippen molar-refractivity contribution in [2.45, 2.75) is 26.4 Å². The smallest absolute Gasteiger partial charge is 0.318 e. The molecule has 0 saturated carbocycles. The van der Waals surface area contributed by atoms with Gasteiger partial charge in [-0.1, -0.05) is 12.1 Å². The fourth-order valence-corrected chi connectivity index (χ4v) is 4.52. The van der Waals surface area contributed by atoms with Crippen molar-refractivity contribution in [1.29, 1.82) is 0 Å². The second-order valence-corrected chi connectivity index (χ2v) is 8.94. The molecule has 2 amide bonds. The summed E-state index contributed by atoms with van der Waals surface area (Å²) in [4.78, 5) is 50.5. The molecular formula is C26H29FN4O4. The molecule has 0 radical (unpaired) electrons. The van der Waals surface area contributed by atoms with E-state index in [9.17, 15) is 18.8 Å². The molecule has 1 atom stereocenters. The molecule has 9 heteroatoms. The second kappa shape index (κ2) is 9.97. The summed E-state index contributed by atoms with van der Waals surface area (Å²) in [5.74, 6) is -1.89. The largest absolute Gasteiger partial charge is 0.360 e. The van der Waals surface area contributed by atoms with Crippen molar-refractivity contribution < 1.29 is 23.6 Å². The lowest BCUT2D eigenvalue weighted by molar-refractivity contribution is -0.162. The number of nitrogens with one attached hydrogen (secondary N) is 1. The van der Waals surface area contributed by atoms with Crippen LogP contribution in [-0.2, 0) is 16.2 Å². The van der Waals surface area contributed by atoms with Gasteiger partial charge < -0.3 is 9.88 Å². The maximum Gasteiger partial charge on any atom is 0.318 e. The Morgan fingerprint density at radius 3 is 2.51 bits per heavy atom. The van der Waals surface area contributed by atoms with E-state index in [1.807, 2.05) is 24.8 Å². The molecule has 184 valence electrons. The summed E-state index contributed by atoms with van der Waals surface area (Å²) in [7, 11) is 2.67. The number of ketones is 1. The summed E-state index contributed by atoms with van der Waals surface area (Å²) in [6.07, 6.45) is 1.49. The van der Waals surface area contributed by atoms with Crippen LogP contribution in [0.2, 0.25) is 0 Å². The van der Waals surface area contributed by atoms with Gasteiger partial charge in [0.15, 0.2) is 0 Å². The van der Waals surface area contributed by atoms with Crippen molar-refractivity contribution >= 4 is 28.5 Å². The Balaban J connectivity index is 1.53. The van der Waals surface area contributed by atoms with Crippen molar-refractivity contribution in [1.82, 2.24) is 19.8 Å². The molecule has 1 saturated heterocycles. The Morgan fingerprint density at radius 2 is 1.86 bits per heavy atom. The molecule has 0 aliphatic carbocycles. The number of aromatic nitrogens is 1. The number of benzene rings is 2. The third-order valence-electron chi connectivity index (χ3n) is 6.55. The zero-order valence-electron chi connectivity index (χ0n) is 20.3. The number of halogens is 1. The fraction of sp³-hybridized carbons (Fsp3) is 0.346. The summed E-state index contributed by atoms with van der Waals surface area (Å²) in [6.45, 7) is 6.49. The molecule has 1 aromatic heterocycles. The molecule has 1 aliphatic heterocycles. The molecule has 8 nitrogen and oxygen atoms in total. The summed E-state index contributed by atoms with van der Waals surface area (Å²) in [6, 6.07) is 9.95. The van der Waals surface area contributed by atoms with Gasteiger partial charge in [-0.15, -0.1) is 0 Å². The van der Waals surface area contributed by atoms with Crippen LogP contribution in [0.15, 0.2) is 42.6 Å². The van der Waals surface area contributed by atoms with Crippen LogP contribution in [0.4, 0.5) is 4.39 Å². The Hall–Kier alpha value is -3.56. The Kier molecular flexibility index (Phi) is 7.00. The van der Waals surface area contributed by atoms with Crippen LogP contribution in [0.3, 0.4) is 0 Å². The minimum atomic E-state index is -0.798. The highest BCUT2D eigenvalue weighted by atomic mass is 19.1. The van der Waals surface area contributed by atoms with E-state index in [2.05, 4.69) is 9.88 Å². The van der Waals surface area contributed by atoms with Crippen molar-refractivity contribution in [2.75, 3.05) is 33.8 Å². The maximum absolute atomic E-state index is 13.5. The monoisotopic (exact) mass is 480 g/mol. The third-order valence-corrected chi connectivity index (χ3v) is 6.55. The molecule has 0 unspecified atom stereocenters. The van der Waals surface area contributed by atoms with Gasteiger partial charge in [0.2, 0.25) is 0 Å². The summed E-state index contributed by atoms with van der Waals surface area (Å²) in [5, 5.41) is 1.39. The number of aryl methyl sites for hydroxylation is 1. The van der Waals surface area contributed by atoms with E-state index in [-0.39, 0.29) is 23.3 Å². The number of piperazine rings is 1. The first-order valence-electron chi connectivity index (χ1n) is 11.5. The van der Waals surface area contributed by atoms with Gasteiger partial charge >= 0.3 is 5.91 Å². The van der Waals surface area contributed by atoms with E-state index in [1.165, 1.54) is 32.5 Å². The molecule has 1 N–H and O–H groups in total. The number of carbonyl (C=O) groups excluding carboxylic acids is 3. The van der Waals surface area contributed by atoms with Gasteiger partial charge in [0, 0.05) is 61.9 Å². The Bertz CT molecular complexity index is 1270. The van der Waals surface area contributed by atoms with Crippen molar-refractivity contribution in [3.05, 3.63) is 70.7 Å². The molecule has 1 aliphatic rings. The van der Waals surface area contributed by atoms with Gasteiger partial charge in [0.1, 0.15) is 5.82 Å². The standard InChI is InChI=1S/C26H29FN4O4/c1-16-11-23-21(22(13-28-23)24(32)26(34)29(3)35-4)12-20(16)25(33)31-10-9-30(14-17(31)2)15-18-5-7-19(27)8-6-18/h5-8,11-13,17,28H,9-10,14-15H2,1-4H3/t17-/m1/s1. The minimum Gasteiger partial charge on any atom is -0.360 e. The van der Waals surface area contributed by atoms with E-state index in [4.69, 9.17) is 4.84 Å². The van der Waals surface area contributed by atoms with E-state index < -0.39 is 11.7 Å². The van der Waals surface area contributed by atoms with Gasteiger partial charge in [-0.2, -0.15) is 0 Å². The number of carbonyl (C=O) groups is 3. The molecule has 4 rings (SSSR count). The molecule has 2 heterocycles. The number of H-pyrrole nitrogens is 1. The lowest BCUT2D eigenvalue weighted by Gasteiger charge is -2.40. The van der Waals surface area contributed by atoms with Gasteiger partial charge in [0.05, 0.1) is 12.7 Å². The number of aromatic amines is 1. The number of fused-ring (bicyclic) bond motifs is 1. The molecule has 0 spiro atoms. The van der Waals surface area contributed by atoms with E-state index >= 15 is 0 Å². The highest BCUT2D eigenvalue weighted by Gasteiger charge is 2.30. The number of rotatable bonds is 6. The van der Waals surface area contributed by atoms with Crippen molar-refractivity contribution in [3.63, 3.8) is 0 Å². The average Bonchev–Trinajstić information content (AvgIpc) is 3.25. The van der Waals surface area contributed by atoms with Crippen LogP contribution in [0, 0.1) is 12.7 Å². The normalized spacial score (nSPS) is 16.5. The van der Waals surface area contributed by atoms with E-state index in [0.717, 1.165) is 16.2 Å². The molecule has 1 fully saturated rings. The topological polar surface area (TPSA) is 85.9 Å². The quantitative estimate of drug-likeness (QED) is 0.333. The summed E-state index contributed by atoms with van der Waals surface area (Å²) in [5.41, 5.74) is 3.17. The van der Waals surface area contributed by atoms with Crippen LogP contribution < -0.4 is 0 Å². The SMILES string of the molecule is CON(C)C(=O)C(=O)c1c[nH]c2cc(C)c(C(=O)N3CCN(Cc4ccc(F)cc4)C[C@H]3C)cc12. The number of hydrogen-bond acceptors (Lipinski definition) is 5. The van der Waals surface area contributed by atoms with E-state index in [1.54, 1.807) is 18.2 Å². The van der Waals surface area contributed by atoms with Crippen molar-refractivity contribution in [3.8, 4) is 0 Å².